The van der Waals surface area contributed by atoms with Crippen LogP contribution in [0.15, 0.2) is 60.7 Å². The number of hydroxylamine groups is 1. The van der Waals surface area contributed by atoms with E-state index in [0.717, 1.165) is 5.69 Å². The standard InChI is InChI=1S/C22H26BNO4/c1-21(2)22(3,4)28-23(27-21)18-15-26-24(17-13-9-6-10-14-17)19(18)20(25)16-11-7-5-8-12-16/h5-14,18-19H,15H2,1-4H3/t18-,19-/m1/s1. The lowest BCUT2D eigenvalue weighted by Gasteiger charge is -2.32. The lowest BCUT2D eigenvalue weighted by Crippen LogP contribution is -2.43. The Kier molecular flexibility index (Phi) is 4.82. The smallest absolute Gasteiger partial charge is 0.403 e. The Morgan fingerprint density at radius 3 is 2.04 bits per heavy atom. The third kappa shape index (κ3) is 3.26. The summed E-state index contributed by atoms with van der Waals surface area (Å²) < 4.78 is 12.5. The average molecular weight is 379 g/mol. The fourth-order valence-electron chi connectivity index (χ4n) is 3.69. The van der Waals surface area contributed by atoms with E-state index in [1.54, 1.807) is 5.06 Å². The molecule has 0 N–H and O–H groups in total. The highest BCUT2D eigenvalue weighted by Gasteiger charge is 2.59. The molecule has 5 nitrogen and oxygen atoms in total. The van der Waals surface area contributed by atoms with Crippen molar-refractivity contribution < 1.29 is 18.9 Å². The Balaban J connectivity index is 1.69. The van der Waals surface area contributed by atoms with Gasteiger partial charge in [-0.05, 0) is 39.8 Å². The quantitative estimate of drug-likeness (QED) is 0.590. The van der Waals surface area contributed by atoms with Gasteiger partial charge in [0.15, 0.2) is 5.78 Å². The molecule has 2 aromatic carbocycles. The molecule has 0 amide bonds. The molecule has 28 heavy (non-hydrogen) atoms. The zero-order valence-electron chi connectivity index (χ0n) is 16.8. The first-order chi connectivity index (χ1) is 13.3. The molecule has 2 saturated heterocycles. The first-order valence-electron chi connectivity index (χ1n) is 9.72. The monoisotopic (exact) mass is 379 g/mol. The number of hydrogen-bond acceptors (Lipinski definition) is 5. The van der Waals surface area contributed by atoms with Crippen LogP contribution in [-0.2, 0) is 14.1 Å². The van der Waals surface area contributed by atoms with Crippen molar-refractivity contribution in [3.8, 4) is 0 Å². The van der Waals surface area contributed by atoms with Gasteiger partial charge in [0.25, 0.3) is 0 Å². The molecule has 2 atom stereocenters. The van der Waals surface area contributed by atoms with Gasteiger partial charge in [-0.2, -0.15) is 0 Å². The number of para-hydroxylation sites is 1. The van der Waals surface area contributed by atoms with E-state index in [9.17, 15) is 4.79 Å². The van der Waals surface area contributed by atoms with Gasteiger partial charge in [-0.15, -0.1) is 0 Å². The van der Waals surface area contributed by atoms with Gasteiger partial charge in [0.2, 0.25) is 0 Å². The van der Waals surface area contributed by atoms with Crippen LogP contribution in [0, 0.1) is 0 Å². The van der Waals surface area contributed by atoms with E-state index in [1.807, 2.05) is 88.4 Å². The Morgan fingerprint density at radius 1 is 0.929 bits per heavy atom. The average Bonchev–Trinajstić information content (AvgIpc) is 3.21. The fourth-order valence-corrected chi connectivity index (χ4v) is 3.69. The molecule has 0 radical (unpaired) electrons. The third-order valence-corrected chi connectivity index (χ3v) is 6.02. The predicted molar refractivity (Wildman–Crippen MR) is 109 cm³/mol. The van der Waals surface area contributed by atoms with Gasteiger partial charge in [0.1, 0.15) is 6.04 Å². The van der Waals surface area contributed by atoms with Gasteiger partial charge in [-0.1, -0.05) is 48.5 Å². The van der Waals surface area contributed by atoms with Crippen molar-refractivity contribution >= 4 is 18.6 Å². The van der Waals surface area contributed by atoms with Crippen LogP contribution in [0.1, 0.15) is 38.1 Å². The summed E-state index contributed by atoms with van der Waals surface area (Å²) >= 11 is 0. The Morgan fingerprint density at radius 2 is 1.46 bits per heavy atom. The lowest BCUT2D eigenvalue weighted by atomic mass is 9.67. The van der Waals surface area contributed by atoms with Gasteiger partial charge in [0, 0.05) is 5.56 Å². The van der Waals surface area contributed by atoms with E-state index in [0.29, 0.717) is 12.2 Å². The highest BCUT2D eigenvalue weighted by Crippen LogP contribution is 2.44. The maximum absolute atomic E-state index is 13.5. The number of benzene rings is 2. The Bertz CT molecular complexity index is 824. The third-order valence-electron chi connectivity index (χ3n) is 6.02. The molecule has 0 unspecified atom stereocenters. The first kappa shape index (κ1) is 19.2. The van der Waals surface area contributed by atoms with Gasteiger partial charge in [-0.3, -0.25) is 9.63 Å². The number of anilines is 1. The van der Waals surface area contributed by atoms with Crippen LogP contribution in [0.5, 0.6) is 0 Å². The molecule has 6 heteroatoms. The molecule has 2 heterocycles. The van der Waals surface area contributed by atoms with E-state index in [1.165, 1.54) is 0 Å². The number of carbonyl (C=O) groups is 1. The van der Waals surface area contributed by atoms with Crippen LogP contribution in [0.4, 0.5) is 5.69 Å². The fraction of sp³-hybridized carbons (Fsp3) is 0.409. The van der Waals surface area contributed by atoms with Gasteiger partial charge < -0.3 is 9.31 Å². The molecule has 2 aliphatic rings. The number of ketones is 1. The molecule has 2 aromatic rings. The number of hydrogen-bond donors (Lipinski definition) is 0. The van der Waals surface area contributed by atoms with Crippen LogP contribution in [0.25, 0.3) is 0 Å². The highest BCUT2D eigenvalue weighted by molar-refractivity contribution is 6.49. The topological polar surface area (TPSA) is 48.0 Å². The zero-order valence-corrected chi connectivity index (χ0v) is 16.8. The number of rotatable bonds is 4. The normalized spacial score (nSPS) is 25.9. The summed E-state index contributed by atoms with van der Waals surface area (Å²) in [6, 6.07) is 18.5. The van der Waals surface area contributed by atoms with Gasteiger partial charge >= 0.3 is 7.12 Å². The number of carbonyl (C=O) groups excluding carboxylic acids is 1. The minimum atomic E-state index is -0.528. The van der Waals surface area contributed by atoms with Crippen molar-refractivity contribution in [3.05, 3.63) is 66.2 Å². The van der Waals surface area contributed by atoms with E-state index in [2.05, 4.69) is 0 Å². The summed E-state index contributed by atoms with van der Waals surface area (Å²) in [5.41, 5.74) is 0.576. The molecule has 0 aromatic heterocycles. The van der Waals surface area contributed by atoms with E-state index >= 15 is 0 Å². The molecule has 146 valence electrons. The molecular formula is C22H26BNO4. The van der Waals surface area contributed by atoms with Crippen LogP contribution in [-0.4, -0.2) is 36.8 Å². The number of Topliss-reactive ketones (excluding diaryl/α,β-unsaturated/α-hetero) is 1. The molecule has 0 aliphatic carbocycles. The van der Waals surface area contributed by atoms with Crippen LogP contribution in [0.3, 0.4) is 0 Å². The zero-order chi connectivity index (χ0) is 19.9. The second-order valence-electron chi connectivity index (χ2n) is 8.42. The maximum atomic E-state index is 13.5. The predicted octanol–water partition coefficient (Wildman–Crippen LogP) is 4.15. The van der Waals surface area contributed by atoms with Crippen molar-refractivity contribution in [1.82, 2.24) is 0 Å². The largest absolute Gasteiger partial charge is 0.466 e. The van der Waals surface area contributed by atoms with E-state index < -0.39 is 24.4 Å². The second kappa shape index (κ2) is 7.03. The maximum Gasteiger partial charge on any atom is 0.466 e. The summed E-state index contributed by atoms with van der Waals surface area (Å²) in [6.45, 7) is 8.43. The molecule has 0 bridgehead atoms. The molecule has 2 aliphatic heterocycles. The summed E-state index contributed by atoms with van der Waals surface area (Å²) in [4.78, 5) is 19.5. The number of nitrogens with zero attached hydrogens (tertiary/aromatic N) is 1. The van der Waals surface area contributed by atoms with Crippen LogP contribution < -0.4 is 5.06 Å². The minimum absolute atomic E-state index is 0.00154. The lowest BCUT2D eigenvalue weighted by molar-refractivity contribution is 0.00578. The van der Waals surface area contributed by atoms with Crippen molar-refractivity contribution in [2.24, 2.45) is 0 Å². The van der Waals surface area contributed by atoms with Crippen molar-refractivity contribution in [2.75, 3.05) is 11.7 Å². The summed E-state index contributed by atoms with van der Waals surface area (Å²) in [5, 5.41) is 1.71. The SMILES string of the molecule is CC1(C)OB([C@@H]2CON(c3ccccc3)[C@H]2C(=O)c2ccccc2)OC1(C)C. The van der Waals surface area contributed by atoms with E-state index in [-0.39, 0.29) is 11.6 Å². The van der Waals surface area contributed by atoms with Crippen molar-refractivity contribution in [3.63, 3.8) is 0 Å². The Labute approximate surface area is 166 Å². The Hall–Kier alpha value is -2.15. The minimum Gasteiger partial charge on any atom is -0.403 e. The molecule has 0 saturated carbocycles. The van der Waals surface area contributed by atoms with Gasteiger partial charge in [-0.25, -0.2) is 5.06 Å². The van der Waals surface area contributed by atoms with Crippen molar-refractivity contribution in [2.45, 2.75) is 50.8 Å². The van der Waals surface area contributed by atoms with Crippen LogP contribution in [0.2, 0.25) is 5.82 Å². The molecular weight excluding hydrogens is 353 g/mol. The van der Waals surface area contributed by atoms with Gasteiger partial charge in [0.05, 0.1) is 29.3 Å². The second-order valence-corrected chi connectivity index (χ2v) is 8.42. The summed E-state index contributed by atoms with van der Waals surface area (Å²) in [5.74, 6) is -0.240. The summed E-state index contributed by atoms with van der Waals surface area (Å²) in [6.07, 6.45) is 0. The first-order valence-corrected chi connectivity index (χ1v) is 9.72. The molecule has 4 rings (SSSR count). The molecule has 2 fully saturated rings. The molecule has 0 spiro atoms. The van der Waals surface area contributed by atoms with E-state index in [4.69, 9.17) is 14.1 Å². The summed E-state index contributed by atoms with van der Waals surface area (Å²) in [7, 11) is -0.517. The highest BCUT2D eigenvalue weighted by atomic mass is 16.7. The van der Waals surface area contributed by atoms with Crippen molar-refractivity contribution in [1.29, 1.82) is 0 Å². The van der Waals surface area contributed by atoms with Crippen LogP contribution >= 0.6 is 0 Å².